The molecule has 1 rings (SSSR count). The molecule has 0 aliphatic rings. The second kappa shape index (κ2) is 3.67. The summed E-state index contributed by atoms with van der Waals surface area (Å²) >= 11 is 0. The molecule has 0 saturated carbocycles. The second-order valence-corrected chi connectivity index (χ2v) is 2.22. The van der Waals surface area contributed by atoms with Gasteiger partial charge in [-0.3, -0.25) is 9.59 Å². The van der Waals surface area contributed by atoms with Gasteiger partial charge in [-0.2, -0.15) is 0 Å². The quantitative estimate of drug-likeness (QED) is 0.483. The van der Waals surface area contributed by atoms with E-state index in [9.17, 15) is 9.59 Å². The Balaban J connectivity index is 2.86. The van der Waals surface area contributed by atoms with Crippen molar-refractivity contribution in [3.63, 3.8) is 0 Å². The highest BCUT2D eigenvalue weighted by Gasteiger charge is 1.98. The summed E-state index contributed by atoms with van der Waals surface area (Å²) in [6, 6.07) is 6.26. The fourth-order valence-electron chi connectivity index (χ4n) is 0.789. The predicted molar refractivity (Wildman–Crippen MR) is 42.5 cm³/mol. The van der Waals surface area contributed by atoms with Crippen LogP contribution in [-0.2, 0) is 9.59 Å². The maximum Gasteiger partial charge on any atom is 0.308 e. The third kappa shape index (κ3) is 2.20. The summed E-state index contributed by atoms with van der Waals surface area (Å²) in [6.07, 6.45) is 1.70. The Morgan fingerprint density at radius 1 is 1.50 bits per heavy atom. The van der Waals surface area contributed by atoms with Crippen LogP contribution >= 0.6 is 0 Å². The zero-order chi connectivity index (χ0) is 8.97. The van der Waals surface area contributed by atoms with Crippen LogP contribution in [0.3, 0.4) is 0 Å². The maximum absolute atomic E-state index is 10.5. The molecule has 0 bridgehead atoms. The van der Waals surface area contributed by atoms with Gasteiger partial charge >= 0.3 is 5.97 Å². The molecule has 0 aliphatic carbocycles. The third-order valence-electron chi connectivity index (χ3n) is 1.21. The fraction of sp³-hybridized carbons (Fsp3) is 0.111. The van der Waals surface area contributed by atoms with E-state index < -0.39 is 5.97 Å². The van der Waals surface area contributed by atoms with E-state index in [1.165, 1.54) is 13.0 Å². The largest absolute Gasteiger partial charge is 0.427 e. The smallest absolute Gasteiger partial charge is 0.308 e. The van der Waals surface area contributed by atoms with E-state index in [1.54, 1.807) is 24.5 Å². The zero-order valence-electron chi connectivity index (χ0n) is 6.53. The van der Waals surface area contributed by atoms with Crippen molar-refractivity contribution >= 4 is 12.3 Å². The highest BCUT2D eigenvalue weighted by molar-refractivity contribution is 5.77. The average Bonchev–Trinajstić information content (AvgIpc) is 2.03. The standard InChI is InChI=1S/C9H7O3/c1-7(11)12-9-4-2-3-8(5-9)6-10/h2-5H,1H3. The summed E-state index contributed by atoms with van der Waals surface area (Å²) in [7, 11) is 0. The van der Waals surface area contributed by atoms with Crippen molar-refractivity contribution in [2.45, 2.75) is 6.92 Å². The molecule has 3 heteroatoms. The molecule has 0 atom stereocenters. The van der Waals surface area contributed by atoms with Gasteiger partial charge in [-0.05, 0) is 12.1 Å². The van der Waals surface area contributed by atoms with E-state index in [0.717, 1.165) is 0 Å². The van der Waals surface area contributed by atoms with E-state index in [2.05, 4.69) is 0 Å². The van der Waals surface area contributed by atoms with Crippen LogP contribution in [0.25, 0.3) is 0 Å². The fourth-order valence-corrected chi connectivity index (χ4v) is 0.789. The summed E-state index contributed by atoms with van der Waals surface area (Å²) in [4.78, 5) is 20.7. The molecule has 12 heavy (non-hydrogen) atoms. The van der Waals surface area contributed by atoms with Crippen LogP contribution in [-0.4, -0.2) is 12.3 Å². The van der Waals surface area contributed by atoms with E-state index in [0.29, 0.717) is 11.3 Å². The molecule has 0 aliphatic heterocycles. The molecule has 1 aromatic carbocycles. The van der Waals surface area contributed by atoms with Crippen molar-refractivity contribution in [3.05, 3.63) is 29.8 Å². The van der Waals surface area contributed by atoms with E-state index in [-0.39, 0.29) is 0 Å². The molecule has 0 amide bonds. The number of carbonyl (C=O) groups excluding carboxylic acids is 2. The van der Waals surface area contributed by atoms with Gasteiger partial charge in [0.25, 0.3) is 0 Å². The number of hydrogen-bond donors (Lipinski definition) is 0. The van der Waals surface area contributed by atoms with Crippen LogP contribution in [0.2, 0.25) is 0 Å². The van der Waals surface area contributed by atoms with Gasteiger partial charge in [0.2, 0.25) is 6.29 Å². The van der Waals surface area contributed by atoms with Crippen LogP contribution in [0.15, 0.2) is 24.3 Å². The minimum Gasteiger partial charge on any atom is -0.427 e. The van der Waals surface area contributed by atoms with Gasteiger partial charge in [-0.15, -0.1) is 0 Å². The molecule has 61 valence electrons. The Hall–Kier alpha value is -1.64. The maximum atomic E-state index is 10.5. The first kappa shape index (κ1) is 8.46. The van der Waals surface area contributed by atoms with Crippen LogP contribution in [0, 0.1) is 0 Å². The molecule has 0 spiro atoms. The molecule has 0 saturated heterocycles. The molecule has 3 nitrogen and oxygen atoms in total. The summed E-state index contributed by atoms with van der Waals surface area (Å²) in [5, 5.41) is 0. The molecule has 0 N–H and O–H groups in total. The number of esters is 1. The normalized spacial score (nSPS) is 9.08. The van der Waals surface area contributed by atoms with Crippen LogP contribution < -0.4 is 4.74 Å². The minimum absolute atomic E-state index is 0.364. The van der Waals surface area contributed by atoms with Crippen LogP contribution in [0.1, 0.15) is 12.5 Å². The lowest BCUT2D eigenvalue weighted by Crippen LogP contribution is -2.01. The van der Waals surface area contributed by atoms with Crippen molar-refractivity contribution in [1.82, 2.24) is 0 Å². The summed E-state index contributed by atoms with van der Waals surface area (Å²) in [5.41, 5.74) is 0.369. The molecule has 0 unspecified atom stereocenters. The van der Waals surface area contributed by atoms with Gasteiger partial charge < -0.3 is 4.74 Å². The first-order valence-corrected chi connectivity index (χ1v) is 3.39. The third-order valence-corrected chi connectivity index (χ3v) is 1.21. The SMILES string of the molecule is CC(=O)Oc1cccc([C]=O)c1. The van der Waals surface area contributed by atoms with Crippen LogP contribution in [0.5, 0.6) is 5.75 Å². The first-order valence-electron chi connectivity index (χ1n) is 3.39. The van der Waals surface area contributed by atoms with Crippen molar-refractivity contribution in [2.75, 3.05) is 0 Å². The van der Waals surface area contributed by atoms with E-state index >= 15 is 0 Å². The molecule has 1 aromatic rings. The average molecular weight is 163 g/mol. The minimum atomic E-state index is -0.405. The Kier molecular flexibility index (Phi) is 2.58. The van der Waals surface area contributed by atoms with E-state index in [1.807, 2.05) is 0 Å². The van der Waals surface area contributed by atoms with Gasteiger partial charge in [-0.25, -0.2) is 0 Å². The van der Waals surface area contributed by atoms with Crippen molar-refractivity contribution in [1.29, 1.82) is 0 Å². The van der Waals surface area contributed by atoms with E-state index in [4.69, 9.17) is 4.74 Å². The van der Waals surface area contributed by atoms with Crippen LogP contribution in [0.4, 0.5) is 0 Å². The number of ether oxygens (including phenoxy) is 1. The first-order chi connectivity index (χ1) is 5.72. The zero-order valence-corrected chi connectivity index (χ0v) is 6.53. The molecule has 0 aromatic heterocycles. The molecule has 1 radical (unpaired) electrons. The number of benzene rings is 1. The van der Waals surface area contributed by atoms with Gasteiger partial charge in [0, 0.05) is 12.5 Å². The molecular weight excluding hydrogens is 156 g/mol. The summed E-state index contributed by atoms with van der Waals surface area (Å²) < 4.78 is 4.74. The monoisotopic (exact) mass is 163 g/mol. The summed E-state index contributed by atoms with van der Waals surface area (Å²) in [6.45, 7) is 1.30. The summed E-state index contributed by atoms with van der Waals surface area (Å²) in [5.74, 6) is -0.0404. The van der Waals surface area contributed by atoms with Gasteiger partial charge in [0.1, 0.15) is 5.75 Å². The lowest BCUT2D eigenvalue weighted by molar-refractivity contribution is -0.131. The van der Waals surface area contributed by atoms with Crippen molar-refractivity contribution in [3.8, 4) is 5.75 Å². The topological polar surface area (TPSA) is 43.4 Å². The number of rotatable bonds is 2. The molecular formula is C9H7O3. The Bertz CT molecular complexity index is 304. The Morgan fingerprint density at radius 3 is 2.83 bits per heavy atom. The second-order valence-electron chi connectivity index (χ2n) is 2.22. The van der Waals surface area contributed by atoms with Crippen molar-refractivity contribution in [2.24, 2.45) is 0 Å². The molecule has 0 fully saturated rings. The predicted octanol–water partition coefficient (Wildman–Crippen LogP) is 1.07. The molecule has 0 heterocycles. The lowest BCUT2D eigenvalue weighted by Gasteiger charge is -1.99. The highest BCUT2D eigenvalue weighted by atomic mass is 16.5. The Morgan fingerprint density at radius 2 is 2.25 bits per heavy atom. The number of hydrogen-bond acceptors (Lipinski definition) is 3. The lowest BCUT2D eigenvalue weighted by atomic mass is 10.2. The van der Waals surface area contributed by atoms with Crippen molar-refractivity contribution < 1.29 is 14.3 Å². The highest BCUT2D eigenvalue weighted by Crippen LogP contribution is 2.11. The van der Waals surface area contributed by atoms with Gasteiger partial charge in [0.15, 0.2) is 0 Å². The Labute approximate surface area is 70.0 Å². The number of carbonyl (C=O) groups is 1. The van der Waals surface area contributed by atoms with Gasteiger partial charge in [0.05, 0.1) is 0 Å². The van der Waals surface area contributed by atoms with Gasteiger partial charge in [-0.1, -0.05) is 12.1 Å².